The molecular weight excluding hydrogens is 334 g/mol. The maximum absolute atomic E-state index is 12.2. The Labute approximate surface area is 154 Å². The summed E-state index contributed by atoms with van der Waals surface area (Å²) in [5.41, 5.74) is 1.90. The summed E-state index contributed by atoms with van der Waals surface area (Å²) in [4.78, 5) is 12.2. The van der Waals surface area contributed by atoms with Crippen molar-refractivity contribution >= 4 is 5.91 Å². The number of hydrogen-bond donors (Lipinski definition) is 1. The van der Waals surface area contributed by atoms with Crippen LogP contribution in [0.2, 0.25) is 0 Å². The molecule has 0 bridgehead atoms. The third-order valence-electron chi connectivity index (χ3n) is 3.95. The van der Waals surface area contributed by atoms with Crippen LogP contribution in [0.4, 0.5) is 0 Å². The third kappa shape index (κ3) is 5.58. The van der Waals surface area contributed by atoms with Crippen LogP contribution in [0.3, 0.4) is 0 Å². The number of amides is 1. The summed E-state index contributed by atoms with van der Waals surface area (Å²) >= 11 is 0. The maximum atomic E-state index is 12.2. The molecule has 0 aliphatic rings. The lowest BCUT2D eigenvalue weighted by Crippen LogP contribution is -2.23. The van der Waals surface area contributed by atoms with Crippen LogP contribution < -0.4 is 24.3 Å². The molecule has 2 aromatic rings. The smallest absolute Gasteiger partial charge is 0.220 e. The van der Waals surface area contributed by atoms with Crippen molar-refractivity contribution in [3.05, 3.63) is 47.5 Å². The zero-order valence-corrected chi connectivity index (χ0v) is 15.6. The molecule has 0 unspecified atom stereocenters. The van der Waals surface area contributed by atoms with E-state index in [0.29, 0.717) is 42.4 Å². The maximum Gasteiger partial charge on any atom is 0.220 e. The van der Waals surface area contributed by atoms with E-state index in [4.69, 9.17) is 18.9 Å². The molecule has 0 fully saturated rings. The molecular formula is C20H25NO5. The quantitative estimate of drug-likeness (QED) is 0.746. The van der Waals surface area contributed by atoms with Gasteiger partial charge < -0.3 is 24.3 Å². The van der Waals surface area contributed by atoms with Crippen LogP contribution in [0.1, 0.15) is 17.5 Å². The summed E-state index contributed by atoms with van der Waals surface area (Å²) in [6.45, 7) is 0.411. The Morgan fingerprint density at radius 2 is 1.15 bits per heavy atom. The highest BCUT2D eigenvalue weighted by atomic mass is 16.5. The summed E-state index contributed by atoms with van der Waals surface area (Å²) in [6.07, 6.45) is 0.970. The van der Waals surface area contributed by atoms with Crippen LogP contribution in [-0.2, 0) is 17.8 Å². The number of aryl methyl sites for hydroxylation is 1. The first kappa shape index (κ1) is 19.4. The topological polar surface area (TPSA) is 66.0 Å². The van der Waals surface area contributed by atoms with Crippen LogP contribution >= 0.6 is 0 Å². The number of carbonyl (C=O) groups excluding carboxylic acids is 1. The third-order valence-corrected chi connectivity index (χ3v) is 3.95. The van der Waals surface area contributed by atoms with E-state index in [9.17, 15) is 4.79 Å². The van der Waals surface area contributed by atoms with Gasteiger partial charge in [0.25, 0.3) is 0 Å². The van der Waals surface area contributed by atoms with Crippen molar-refractivity contribution < 1.29 is 23.7 Å². The van der Waals surface area contributed by atoms with Gasteiger partial charge in [0.1, 0.15) is 23.0 Å². The zero-order valence-electron chi connectivity index (χ0n) is 15.6. The summed E-state index contributed by atoms with van der Waals surface area (Å²) in [6, 6.07) is 11.2. The van der Waals surface area contributed by atoms with Crippen LogP contribution in [-0.4, -0.2) is 34.3 Å². The fraction of sp³-hybridized carbons (Fsp3) is 0.350. The van der Waals surface area contributed by atoms with Gasteiger partial charge in [-0.05, 0) is 41.8 Å². The Hall–Kier alpha value is -2.89. The van der Waals surface area contributed by atoms with Gasteiger partial charge in [-0.3, -0.25) is 4.79 Å². The second-order valence-electron chi connectivity index (χ2n) is 5.72. The number of hydrogen-bond acceptors (Lipinski definition) is 5. The number of nitrogens with one attached hydrogen (secondary N) is 1. The van der Waals surface area contributed by atoms with Gasteiger partial charge in [-0.2, -0.15) is 0 Å². The molecule has 0 spiro atoms. The second-order valence-corrected chi connectivity index (χ2v) is 5.72. The number of benzene rings is 2. The summed E-state index contributed by atoms with van der Waals surface area (Å²) in [7, 11) is 6.40. The normalized spacial score (nSPS) is 10.2. The van der Waals surface area contributed by atoms with Gasteiger partial charge in [0, 0.05) is 25.1 Å². The Bertz CT molecular complexity index is 639. The standard InChI is InChI=1S/C20H25NO5/c1-23-16-7-14(8-17(11-16)24-2)5-6-20(22)21-13-15-9-18(25-3)12-19(10-15)26-4/h7-12H,5-6,13H2,1-4H3,(H,21,22). The van der Waals surface area contributed by atoms with Gasteiger partial charge >= 0.3 is 0 Å². The minimum absolute atomic E-state index is 0.0337. The first-order chi connectivity index (χ1) is 12.6. The van der Waals surface area contributed by atoms with Gasteiger partial charge in [0.05, 0.1) is 28.4 Å². The zero-order chi connectivity index (χ0) is 18.9. The molecule has 2 aromatic carbocycles. The van der Waals surface area contributed by atoms with Crippen molar-refractivity contribution in [1.29, 1.82) is 0 Å². The highest BCUT2D eigenvalue weighted by Crippen LogP contribution is 2.24. The second kappa shape index (κ2) is 9.56. The van der Waals surface area contributed by atoms with E-state index in [0.717, 1.165) is 11.1 Å². The largest absolute Gasteiger partial charge is 0.497 e. The minimum atomic E-state index is -0.0337. The van der Waals surface area contributed by atoms with E-state index in [1.165, 1.54) is 0 Å². The molecule has 2 rings (SSSR count). The number of methoxy groups -OCH3 is 4. The van der Waals surface area contributed by atoms with E-state index < -0.39 is 0 Å². The molecule has 6 heteroatoms. The van der Waals surface area contributed by atoms with Crippen molar-refractivity contribution in [1.82, 2.24) is 5.32 Å². The van der Waals surface area contributed by atoms with Gasteiger partial charge in [-0.1, -0.05) is 0 Å². The summed E-state index contributed by atoms with van der Waals surface area (Å²) in [5, 5.41) is 2.92. The minimum Gasteiger partial charge on any atom is -0.497 e. The summed E-state index contributed by atoms with van der Waals surface area (Å²) in [5.74, 6) is 2.77. The predicted molar refractivity (Wildman–Crippen MR) is 99.3 cm³/mol. The van der Waals surface area contributed by atoms with Gasteiger partial charge in [-0.15, -0.1) is 0 Å². The lowest BCUT2D eigenvalue weighted by atomic mass is 10.1. The Morgan fingerprint density at radius 1 is 0.731 bits per heavy atom. The van der Waals surface area contributed by atoms with Crippen LogP contribution in [0, 0.1) is 0 Å². The number of carbonyl (C=O) groups is 1. The number of rotatable bonds is 9. The molecule has 26 heavy (non-hydrogen) atoms. The molecule has 1 amide bonds. The van der Waals surface area contributed by atoms with E-state index in [1.54, 1.807) is 40.6 Å². The fourth-order valence-electron chi connectivity index (χ4n) is 2.53. The Morgan fingerprint density at radius 3 is 1.58 bits per heavy atom. The Balaban J connectivity index is 1.91. The first-order valence-corrected chi connectivity index (χ1v) is 8.28. The lowest BCUT2D eigenvalue weighted by molar-refractivity contribution is -0.121. The highest BCUT2D eigenvalue weighted by Gasteiger charge is 2.07. The van der Waals surface area contributed by atoms with E-state index >= 15 is 0 Å². The van der Waals surface area contributed by atoms with Crippen molar-refractivity contribution in [2.75, 3.05) is 28.4 Å². The average Bonchev–Trinajstić information content (AvgIpc) is 2.69. The van der Waals surface area contributed by atoms with E-state index in [1.807, 2.05) is 24.3 Å². The SMILES string of the molecule is COc1cc(CCC(=O)NCc2cc(OC)cc(OC)c2)cc(OC)c1. The predicted octanol–water partition coefficient (Wildman–Crippen LogP) is 2.97. The number of ether oxygens (including phenoxy) is 4. The molecule has 6 nitrogen and oxygen atoms in total. The average molecular weight is 359 g/mol. The molecule has 140 valence electrons. The molecule has 0 aromatic heterocycles. The summed E-state index contributed by atoms with van der Waals surface area (Å²) < 4.78 is 21.0. The van der Waals surface area contributed by atoms with Crippen molar-refractivity contribution in [2.45, 2.75) is 19.4 Å². The monoisotopic (exact) mass is 359 g/mol. The van der Waals surface area contributed by atoms with Crippen molar-refractivity contribution in [3.8, 4) is 23.0 Å². The van der Waals surface area contributed by atoms with Crippen LogP contribution in [0.25, 0.3) is 0 Å². The van der Waals surface area contributed by atoms with Crippen molar-refractivity contribution in [2.24, 2.45) is 0 Å². The molecule has 0 saturated heterocycles. The molecule has 0 radical (unpaired) electrons. The van der Waals surface area contributed by atoms with Gasteiger partial charge in [-0.25, -0.2) is 0 Å². The Kier molecular flexibility index (Phi) is 7.14. The van der Waals surface area contributed by atoms with E-state index in [2.05, 4.69) is 5.32 Å². The lowest BCUT2D eigenvalue weighted by Gasteiger charge is -2.10. The van der Waals surface area contributed by atoms with Crippen LogP contribution in [0.15, 0.2) is 36.4 Å². The van der Waals surface area contributed by atoms with E-state index in [-0.39, 0.29) is 5.91 Å². The molecule has 0 saturated carbocycles. The molecule has 1 N–H and O–H groups in total. The molecule has 0 aliphatic heterocycles. The molecule has 0 aliphatic carbocycles. The van der Waals surface area contributed by atoms with Gasteiger partial charge in [0.2, 0.25) is 5.91 Å². The molecule has 0 heterocycles. The van der Waals surface area contributed by atoms with Gasteiger partial charge in [0.15, 0.2) is 0 Å². The fourth-order valence-corrected chi connectivity index (χ4v) is 2.53. The van der Waals surface area contributed by atoms with Crippen molar-refractivity contribution in [3.63, 3.8) is 0 Å². The molecule has 0 atom stereocenters. The van der Waals surface area contributed by atoms with Crippen LogP contribution in [0.5, 0.6) is 23.0 Å². The highest BCUT2D eigenvalue weighted by molar-refractivity contribution is 5.76. The first-order valence-electron chi connectivity index (χ1n) is 8.28.